The average molecular weight is 232 g/mol. The minimum Gasteiger partial charge on any atom is -0.444 e. The molecule has 0 unspecified atom stereocenters. The molecule has 1 aliphatic heterocycles. The van der Waals surface area contributed by atoms with E-state index in [0.717, 1.165) is 6.54 Å². The monoisotopic (exact) mass is 232 g/mol. The molecule has 5 heteroatoms. The molecule has 0 saturated carbocycles. The number of hydrogen-bond donors (Lipinski definition) is 2. The fourth-order valence-electron chi connectivity index (χ4n) is 1.63. The smallest absolute Gasteiger partial charge is 0.407 e. The van der Waals surface area contributed by atoms with Crippen LogP contribution < -0.4 is 10.6 Å². The van der Waals surface area contributed by atoms with Gasteiger partial charge >= 0.3 is 6.09 Å². The highest BCUT2D eigenvalue weighted by Gasteiger charge is 2.26. The van der Waals surface area contributed by atoms with Crippen molar-refractivity contribution in [2.45, 2.75) is 51.4 Å². The zero-order valence-corrected chi connectivity index (χ0v) is 10.2. The Morgan fingerprint density at radius 1 is 1.38 bits per heavy atom. The molecule has 0 aromatic carbocycles. The Balaban J connectivity index is 2.42. The van der Waals surface area contributed by atoms with Gasteiger partial charge in [0.2, 0.25) is 0 Å². The highest BCUT2D eigenvalue weighted by molar-refractivity contribution is 5.68. The van der Waals surface area contributed by atoms with Crippen LogP contribution in [0.3, 0.4) is 0 Å². The predicted octanol–water partition coefficient (Wildman–Crippen LogP) is 1.60. The van der Waals surface area contributed by atoms with Crippen LogP contribution in [0.25, 0.3) is 0 Å². The minimum atomic E-state index is -0.998. The molecule has 0 radical (unpaired) electrons. The first-order chi connectivity index (χ1) is 7.38. The molecule has 0 spiro atoms. The Morgan fingerprint density at radius 2 is 2.00 bits per heavy atom. The molecule has 0 aromatic heterocycles. The SMILES string of the molecule is CC(C)(C)OC(=O)N[C@H]1CCNCC[C@H]1F. The van der Waals surface area contributed by atoms with Crippen molar-refractivity contribution < 1.29 is 13.9 Å². The van der Waals surface area contributed by atoms with Crippen LogP contribution in [0.2, 0.25) is 0 Å². The molecule has 1 amide bonds. The molecule has 1 aliphatic rings. The first-order valence-corrected chi connectivity index (χ1v) is 5.73. The molecular formula is C11H21FN2O2. The topological polar surface area (TPSA) is 50.4 Å². The number of carbonyl (C=O) groups excluding carboxylic acids is 1. The second kappa shape index (κ2) is 5.48. The molecular weight excluding hydrogens is 211 g/mol. The first kappa shape index (κ1) is 13.2. The van der Waals surface area contributed by atoms with Crippen LogP contribution in [0.1, 0.15) is 33.6 Å². The Bertz CT molecular complexity index is 241. The summed E-state index contributed by atoms with van der Waals surface area (Å²) in [4.78, 5) is 11.5. The van der Waals surface area contributed by atoms with E-state index in [2.05, 4.69) is 10.6 Å². The zero-order valence-electron chi connectivity index (χ0n) is 10.2. The van der Waals surface area contributed by atoms with Gasteiger partial charge in [-0.25, -0.2) is 9.18 Å². The molecule has 4 nitrogen and oxygen atoms in total. The van der Waals surface area contributed by atoms with Gasteiger partial charge in [0, 0.05) is 0 Å². The fraction of sp³-hybridized carbons (Fsp3) is 0.909. The van der Waals surface area contributed by atoms with Crippen LogP contribution in [0.5, 0.6) is 0 Å². The molecule has 0 aliphatic carbocycles. The Kier molecular flexibility index (Phi) is 4.53. The second-order valence-corrected chi connectivity index (χ2v) is 5.10. The normalized spacial score (nSPS) is 27.0. The third-order valence-corrected chi connectivity index (χ3v) is 2.37. The number of rotatable bonds is 1. The quantitative estimate of drug-likeness (QED) is 0.722. The van der Waals surface area contributed by atoms with E-state index in [-0.39, 0.29) is 0 Å². The number of ether oxygens (including phenoxy) is 1. The van der Waals surface area contributed by atoms with Gasteiger partial charge in [0.15, 0.2) is 0 Å². The molecule has 0 bridgehead atoms. The van der Waals surface area contributed by atoms with Gasteiger partial charge in [-0.05, 0) is 46.7 Å². The molecule has 16 heavy (non-hydrogen) atoms. The van der Waals surface area contributed by atoms with E-state index in [1.165, 1.54) is 0 Å². The van der Waals surface area contributed by atoms with Crippen molar-refractivity contribution in [1.82, 2.24) is 10.6 Å². The summed E-state index contributed by atoms with van der Waals surface area (Å²) in [6, 6.07) is -0.440. The Labute approximate surface area is 95.9 Å². The summed E-state index contributed by atoms with van der Waals surface area (Å²) in [6.07, 6.45) is -0.509. The van der Waals surface area contributed by atoms with Gasteiger partial charge in [-0.1, -0.05) is 0 Å². The first-order valence-electron chi connectivity index (χ1n) is 5.73. The summed E-state index contributed by atoms with van der Waals surface area (Å²) in [5.74, 6) is 0. The average Bonchev–Trinajstić information content (AvgIpc) is 2.29. The van der Waals surface area contributed by atoms with Gasteiger partial charge in [0.25, 0.3) is 0 Å². The number of hydrogen-bond acceptors (Lipinski definition) is 3. The van der Waals surface area contributed by atoms with Gasteiger partial charge in [-0.3, -0.25) is 0 Å². The van der Waals surface area contributed by atoms with E-state index in [1.807, 2.05) is 0 Å². The van der Waals surface area contributed by atoms with Gasteiger partial charge in [-0.15, -0.1) is 0 Å². The molecule has 1 fully saturated rings. The number of alkyl carbamates (subject to hydrolysis) is 1. The van der Waals surface area contributed by atoms with E-state index in [1.54, 1.807) is 20.8 Å². The van der Waals surface area contributed by atoms with Crippen LogP contribution in [-0.4, -0.2) is 37.0 Å². The molecule has 1 rings (SSSR count). The van der Waals surface area contributed by atoms with Crippen molar-refractivity contribution in [2.24, 2.45) is 0 Å². The van der Waals surface area contributed by atoms with Crippen LogP contribution in [0.4, 0.5) is 9.18 Å². The van der Waals surface area contributed by atoms with Gasteiger partial charge in [-0.2, -0.15) is 0 Å². The lowest BCUT2D eigenvalue weighted by Gasteiger charge is -2.24. The maximum Gasteiger partial charge on any atom is 0.407 e. The van der Waals surface area contributed by atoms with Gasteiger partial charge < -0.3 is 15.4 Å². The lowest BCUT2D eigenvalue weighted by atomic mass is 10.1. The van der Waals surface area contributed by atoms with Gasteiger partial charge in [0.05, 0.1) is 6.04 Å². The lowest BCUT2D eigenvalue weighted by molar-refractivity contribution is 0.0472. The van der Waals surface area contributed by atoms with E-state index in [4.69, 9.17) is 4.74 Å². The Morgan fingerprint density at radius 3 is 2.62 bits per heavy atom. The molecule has 0 aromatic rings. The summed E-state index contributed by atoms with van der Waals surface area (Å²) < 4.78 is 18.7. The van der Waals surface area contributed by atoms with Crippen molar-refractivity contribution in [3.63, 3.8) is 0 Å². The number of halogens is 1. The van der Waals surface area contributed by atoms with E-state index in [0.29, 0.717) is 19.4 Å². The highest BCUT2D eigenvalue weighted by Crippen LogP contribution is 2.12. The van der Waals surface area contributed by atoms with E-state index < -0.39 is 23.9 Å². The third kappa shape index (κ3) is 4.79. The van der Waals surface area contributed by atoms with Crippen molar-refractivity contribution >= 4 is 6.09 Å². The highest BCUT2D eigenvalue weighted by atomic mass is 19.1. The van der Waals surface area contributed by atoms with Crippen LogP contribution in [-0.2, 0) is 4.74 Å². The molecule has 1 heterocycles. The van der Waals surface area contributed by atoms with Crippen molar-refractivity contribution in [3.05, 3.63) is 0 Å². The summed E-state index contributed by atoms with van der Waals surface area (Å²) >= 11 is 0. The summed E-state index contributed by atoms with van der Waals surface area (Å²) in [5, 5.41) is 5.69. The maximum absolute atomic E-state index is 13.6. The number of alkyl halides is 1. The molecule has 1 saturated heterocycles. The Hall–Kier alpha value is -0.840. The van der Waals surface area contributed by atoms with Crippen LogP contribution in [0.15, 0.2) is 0 Å². The predicted molar refractivity (Wildman–Crippen MR) is 60.2 cm³/mol. The van der Waals surface area contributed by atoms with Crippen LogP contribution in [0, 0.1) is 0 Å². The summed E-state index contributed by atoms with van der Waals surface area (Å²) in [7, 11) is 0. The number of amides is 1. The van der Waals surface area contributed by atoms with Crippen molar-refractivity contribution in [3.8, 4) is 0 Å². The van der Waals surface area contributed by atoms with Crippen molar-refractivity contribution in [2.75, 3.05) is 13.1 Å². The number of carbonyl (C=O) groups is 1. The van der Waals surface area contributed by atoms with E-state index in [9.17, 15) is 9.18 Å². The largest absolute Gasteiger partial charge is 0.444 e. The second-order valence-electron chi connectivity index (χ2n) is 5.10. The van der Waals surface area contributed by atoms with Gasteiger partial charge in [0.1, 0.15) is 11.8 Å². The lowest BCUT2D eigenvalue weighted by Crippen LogP contribution is -2.44. The van der Waals surface area contributed by atoms with Crippen molar-refractivity contribution in [1.29, 1.82) is 0 Å². The maximum atomic E-state index is 13.6. The number of nitrogens with one attached hydrogen (secondary N) is 2. The fourth-order valence-corrected chi connectivity index (χ4v) is 1.63. The summed E-state index contributed by atoms with van der Waals surface area (Å²) in [5.41, 5.74) is -0.543. The molecule has 94 valence electrons. The molecule has 2 N–H and O–H groups in total. The third-order valence-electron chi connectivity index (χ3n) is 2.37. The molecule has 2 atom stereocenters. The van der Waals surface area contributed by atoms with Crippen LogP contribution >= 0.6 is 0 Å². The minimum absolute atomic E-state index is 0.431. The standard InChI is InChI=1S/C11H21FN2O2/c1-11(2,3)16-10(15)14-9-5-7-13-6-4-8(9)12/h8-9,13H,4-7H2,1-3H3,(H,14,15)/t8-,9+/m1/s1. The zero-order chi connectivity index (χ0) is 12.2. The summed E-state index contributed by atoms with van der Waals surface area (Å²) in [6.45, 7) is 6.74. The van der Waals surface area contributed by atoms with E-state index >= 15 is 0 Å².